The van der Waals surface area contributed by atoms with Crippen LogP contribution in [0.25, 0.3) is 77.9 Å². The lowest BCUT2D eigenvalue weighted by Gasteiger charge is -2.31. The number of para-hydroxylation sites is 4. The first-order valence-corrected chi connectivity index (χ1v) is 50.9. The molecule has 690 valence electrons. The molecule has 0 aromatic heterocycles. The number of nitrogens with zero attached hydrogens (tertiary/aromatic N) is 6. The van der Waals surface area contributed by atoms with Crippen LogP contribution in [0, 0.1) is 6.92 Å². The summed E-state index contributed by atoms with van der Waals surface area (Å²) in [5, 5.41) is 0. The summed E-state index contributed by atoms with van der Waals surface area (Å²) in [6, 6.07) is 196. The maximum atomic E-state index is 2.58. The Balaban J connectivity index is 0.520. The topological polar surface area (TPSA) is 19.4 Å². The number of benzene rings is 21. The van der Waals surface area contributed by atoms with Crippen molar-refractivity contribution in [1.29, 1.82) is 0 Å². The molecule has 4 aliphatic rings. The summed E-state index contributed by atoms with van der Waals surface area (Å²) in [7, 11) is 0. The van der Waals surface area contributed by atoms with Crippen LogP contribution in [0.5, 0.6) is 0 Å². The monoisotopic (exact) mass is 1850 g/mol. The van der Waals surface area contributed by atoms with E-state index in [4.69, 9.17) is 0 Å². The van der Waals surface area contributed by atoms with Crippen LogP contribution in [0.1, 0.15) is 90.3 Å². The lowest BCUT2D eigenvalue weighted by atomic mass is 9.76. The Labute approximate surface area is 845 Å². The summed E-state index contributed by atoms with van der Waals surface area (Å²) in [5.74, 6) is 0. The maximum Gasteiger partial charge on any atom is 0.0465 e. The molecule has 0 atom stereocenters. The fourth-order valence-corrected chi connectivity index (χ4v) is 23.6. The normalized spacial score (nSPS) is 13.2. The van der Waals surface area contributed by atoms with E-state index in [-0.39, 0.29) is 10.8 Å². The Morgan fingerprint density at radius 1 is 0.167 bits per heavy atom. The molecule has 0 N–H and O–H groups in total. The van der Waals surface area contributed by atoms with Crippen molar-refractivity contribution < 1.29 is 0 Å². The Morgan fingerprint density at radius 3 is 0.708 bits per heavy atom. The first-order valence-electron chi connectivity index (χ1n) is 50.9. The number of fused-ring (bicyclic) bond motifs is 10. The van der Waals surface area contributed by atoms with Gasteiger partial charge in [0.15, 0.2) is 0 Å². The van der Waals surface area contributed by atoms with E-state index in [1.54, 1.807) is 0 Å². The van der Waals surface area contributed by atoms with Crippen molar-refractivity contribution >= 4 is 102 Å². The lowest BCUT2D eigenvalue weighted by Crippen LogP contribution is -2.21. The van der Waals surface area contributed by atoms with Crippen molar-refractivity contribution in [2.45, 2.75) is 75.5 Å². The van der Waals surface area contributed by atoms with E-state index in [9.17, 15) is 0 Å². The highest BCUT2D eigenvalue weighted by Gasteiger charge is 2.48. The van der Waals surface area contributed by atoms with Gasteiger partial charge < -0.3 is 29.4 Å². The predicted octanol–water partition coefficient (Wildman–Crippen LogP) is 38.4. The van der Waals surface area contributed by atoms with Crippen molar-refractivity contribution in [2.75, 3.05) is 29.4 Å². The molecule has 0 bridgehead atoms. The number of hydrogen-bond donors (Lipinski definition) is 0. The number of aryl methyl sites for hydroxylation is 1. The molecule has 0 aliphatic heterocycles. The molecule has 0 saturated heterocycles. The van der Waals surface area contributed by atoms with Crippen molar-refractivity contribution in [3.63, 3.8) is 0 Å². The highest BCUT2D eigenvalue weighted by molar-refractivity contribution is 5.93. The first kappa shape index (κ1) is 87.9. The highest BCUT2D eigenvalue weighted by Crippen LogP contribution is 2.61. The maximum absolute atomic E-state index is 2.58. The van der Waals surface area contributed by atoms with Gasteiger partial charge in [-0.3, -0.25) is 0 Å². The van der Waals surface area contributed by atoms with Gasteiger partial charge in [-0.05, 0) is 369 Å². The molecule has 4 aliphatic carbocycles. The SMILES string of the molecule is Cc1ccc(N(c2ccc(-c3ccccc3)cc2)c2ccc(-c3ccc(-c4ccc(N(c5ccc(Cc6cccc7c6-c6ccc(N(c8ccc(-c9ccc(N(c%10ccc(N(c%11ccccc%11)c%11ccccc%11)cc%10)c%10ccc%11c(c%10)C%10(CCCC%10)c%10ccccc%10-%11)cc9)cc8)c8ccc(N(c9ccccc9)c9ccccc9)cc8)cc6C76CCCC6)cc5)c5ccc(-c6ccccc6)cc5)cc4)cc3)cc2)cc1. The smallest absolute Gasteiger partial charge is 0.0465 e. The van der Waals surface area contributed by atoms with Gasteiger partial charge in [0.05, 0.1) is 0 Å². The zero-order valence-corrected chi connectivity index (χ0v) is 80.8. The summed E-state index contributed by atoms with van der Waals surface area (Å²) < 4.78 is 0. The van der Waals surface area contributed by atoms with Gasteiger partial charge in [0.25, 0.3) is 0 Å². The molecule has 0 heterocycles. The average Bonchev–Trinajstić information content (AvgIpc) is 1.54. The second kappa shape index (κ2) is 38.2. The van der Waals surface area contributed by atoms with E-state index in [0.717, 1.165) is 149 Å². The summed E-state index contributed by atoms with van der Waals surface area (Å²) in [5.41, 5.74) is 46.7. The molecular formula is C138H108N6. The molecule has 0 radical (unpaired) electrons. The molecule has 21 aromatic carbocycles. The van der Waals surface area contributed by atoms with E-state index >= 15 is 0 Å². The van der Waals surface area contributed by atoms with Gasteiger partial charge in [0.2, 0.25) is 0 Å². The van der Waals surface area contributed by atoms with Crippen molar-refractivity contribution in [1.82, 2.24) is 0 Å². The fourth-order valence-electron chi connectivity index (χ4n) is 23.6. The molecule has 2 spiro atoms. The minimum Gasteiger partial charge on any atom is -0.311 e. The Hall–Kier alpha value is -17.6. The van der Waals surface area contributed by atoms with Crippen LogP contribution < -0.4 is 29.4 Å². The summed E-state index contributed by atoms with van der Waals surface area (Å²) >= 11 is 0. The summed E-state index contributed by atoms with van der Waals surface area (Å²) in [6.45, 7) is 2.14. The number of hydrogen-bond acceptors (Lipinski definition) is 6. The van der Waals surface area contributed by atoms with Crippen LogP contribution >= 0.6 is 0 Å². The fraction of sp³-hybridized carbons (Fsp3) is 0.0870. The van der Waals surface area contributed by atoms with Crippen molar-refractivity contribution in [2.24, 2.45) is 0 Å². The van der Waals surface area contributed by atoms with E-state index < -0.39 is 0 Å². The first-order chi connectivity index (χ1) is 71.2. The molecule has 6 heteroatoms. The molecule has 0 unspecified atom stereocenters. The zero-order chi connectivity index (χ0) is 95.9. The van der Waals surface area contributed by atoms with Crippen LogP contribution in [-0.2, 0) is 17.3 Å². The highest BCUT2D eigenvalue weighted by atomic mass is 15.2. The van der Waals surface area contributed by atoms with Crippen molar-refractivity contribution in [3.05, 3.63) is 567 Å². The predicted molar refractivity (Wildman–Crippen MR) is 605 cm³/mol. The second-order valence-corrected chi connectivity index (χ2v) is 39.1. The molecule has 144 heavy (non-hydrogen) atoms. The molecular weight excluding hydrogens is 1740 g/mol. The molecule has 25 rings (SSSR count). The van der Waals surface area contributed by atoms with E-state index in [2.05, 4.69) is 564 Å². The van der Waals surface area contributed by atoms with Gasteiger partial charge in [-0.1, -0.05) is 341 Å². The van der Waals surface area contributed by atoms with E-state index in [0.29, 0.717) is 0 Å². The minimum absolute atomic E-state index is 0.0154. The third kappa shape index (κ3) is 16.6. The van der Waals surface area contributed by atoms with Gasteiger partial charge in [0, 0.05) is 113 Å². The Bertz CT molecular complexity index is 8020. The van der Waals surface area contributed by atoms with Gasteiger partial charge in [-0.25, -0.2) is 0 Å². The third-order valence-corrected chi connectivity index (χ3v) is 30.7. The third-order valence-electron chi connectivity index (χ3n) is 30.7. The number of anilines is 18. The minimum atomic E-state index is -0.124. The van der Waals surface area contributed by atoms with E-state index in [1.165, 1.54) is 128 Å². The van der Waals surface area contributed by atoms with Gasteiger partial charge in [0.1, 0.15) is 0 Å². The molecule has 21 aromatic rings. The summed E-state index contributed by atoms with van der Waals surface area (Å²) in [6.07, 6.45) is 10.2. The van der Waals surface area contributed by atoms with Crippen LogP contribution in [0.2, 0.25) is 0 Å². The number of rotatable bonds is 25. The second-order valence-electron chi connectivity index (χ2n) is 39.1. The Kier molecular flexibility index (Phi) is 23.3. The lowest BCUT2D eigenvalue weighted by molar-refractivity contribution is 0.550. The largest absolute Gasteiger partial charge is 0.311 e. The average molecular weight is 1850 g/mol. The molecule has 2 fully saturated rings. The molecule has 0 amide bonds. The van der Waals surface area contributed by atoms with Gasteiger partial charge in [-0.15, -0.1) is 0 Å². The van der Waals surface area contributed by atoms with Crippen LogP contribution in [-0.4, -0.2) is 0 Å². The quantitative estimate of drug-likeness (QED) is 0.0564. The Morgan fingerprint density at radius 2 is 0.382 bits per heavy atom. The molecule has 6 nitrogen and oxygen atoms in total. The van der Waals surface area contributed by atoms with Gasteiger partial charge >= 0.3 is 0 Å². The van der Waals surface area contributed by atoms with Crippen LogP contribution in [0.3, 0.4) is 0 Å². The zero-order valence-electron chi connectivity index (χ0n) is 80.8. The standard InChI is InChI=1S/C138H108N6/c1-98-43-63-115(64-44-98)141(117-67-51-104(52-68-117)100-27-8-2-9-28-100)118-71-55-106(56-72-118)102-47-49-103(50-48-102)107-57-73-120(74-58-107)142(119-69-53-105(54-70-119)101-29-10-3-11-30-101)116-65-45-99(46-66-116)95-110-31-26-42-133-136(110)131-90-88-128(97-135(131)138(133)93-24-25-94-138)144(126-85-81-124(82-86-126)140(113-36-16-6-17-37-113)114-38-18-7-19-39-114)122-77-61-109(62-78-122)108-59-75-121(76-60-108)143(127-87-89-130-129-40-20-21-41-132(129)137(134(130)96-127)91-22-23-92-137)125-83-79-123(80-84-125)139(111-32-12-4-13-33-111)112-34-14-5-15-35-112/h2-21,26-90,96-97H,22-25,91-95H2,1H3. The van der Waals surface area contributed by atoms with Gasteiger partial charge in [-0.2, -0.15) is 0 Å². The summed E-state index contributed by atoms with van der Waals surface area (Å²) in [4.78, 5) is 14.4. The molecule has 2 saturated carbocycles. The van der Waals surface area contributed by atoms with Crippen LogP contribution in [0.4, 0.5) is 102 Å². The van der Waals surface area contributed by atoms with E-state index in [1.807, 2.05) is 0 Å². The van der Waals surface area contributed by atoms with Crippen molar-refractivity contribution in [3.8, 4) is 77.9 Å². The van der Waals surface area contributed by atoms with Crippen LogP contribution in [0.15, 0.2) is 528 Å².